The Morgan fingerprint density at radius 3 is 2.10 bits per heavy atom. The third-order valence-electron chi connectivity index (χ3n) is 9.36. The van der Waals surface area contributed by atoms with Gasteiger partial charge in [-0.2, -0.15) is 0 Å². The Bertz CT molecular complexity index is 1500. The highest BCUT2D eigenvalue weighted by atomic mass is 35.5. The van der Waals surface area contributed by atoms with Crippen molar-refractivity contribution in [2.45, 2.75) is 108 Å². The van der Waals surface area contributed by atoms with Crippen LogP contribution < -0.4 is 0 Å². The van der Waals surface area contributed by atoms with Gasteiger partial charge in [-0.25, -0.2) is 0 Å². The van der Waals surface area contributed by atoms with Gasteiger partial charge in [-0.15, -0.1) is 0 Å². The van der Waals surface area contributed by atoms with Crippen molar-refractivity contribution in [3.63, 3.8) is 0 Å². The monoisotopic (exact) mass is 686 g/mol. The van der Waals surface area contributed by atoms with Crippen LogP contribution >= 0.6 is 11.6 Å². The molecule has 260 valence electrons. The number of benzene rings is 2. The number of carbonyl (C=O) groups is 4. The number of hydrogen-bond donors (Lipinski definition) is 0. The Hall–Kier alpha value is -3.51. The molecule has 2 saturated heterocycles. The largest absolute Gasteiger partial charge is 0.463 e. The van der Waals surface area contributed by atoms with Crippen LogP contribution in [0.3, 0.4) is 0 Å². The summed E-state index contributed by atoms with van der Waals surface area (Å²) in [6.07, 6.45) is 0.867. The first-order valence-corrected chi connectivity index (χ1v) is 16.6. The average molecular weight is 687 g/mol. The van der Waals surface area contributed by atoms with Crippen molar-refractivity contribution in [2.75, 3.05) is 20.3 Å². The molecule has 5 rings (SSSR count). The van der Waals surface area contributed by atoms with Gasteiger partial charge in [-0.3, -0.25) is 19.2 Å². The van der Waals surface area contributed by atoms with Crippen LogP contribution in [0.25, 0.3) is 0 Å². The maximum atomic E-state index is 12.5. The lowest BCUT2D eigenvalue weighted by molar-refractivity contribution is -0.367. The van der Waals surface area contributed by atoms with Crippen molar-refractivity contribution >= 4 is 35.5 Å². The van der Waals surface area contributed by atoms with E-state index in [0.29, 0.717) is 22.9 Å². The van der Waals surface area contributed by atoms with E-state index in [1.807, 2.05) is 0 Å². The Labute approximate surface area is 285 Å². The first-order valence-electron chi connectivity index (χ1n) is 16.2. The number of hydrogen-bond acceptors (Lipinski definition) is 11. The molecule has 2 aromatic carbocycles. The minimum absolute atomic E-state index is 0.0453. The molecule has 12 heteroatoms. The van der Waals surface area contributed by atoms with Crippen molar-refractivity contribution in [1.29, 1.82) is 0 Å². The molecule has 3 aliphatic rings. The summed E-state index contributed by atoms with van der Waals surface area (Å²) >= 11 is 6.72. The highest BCUT2D eigenvalue weighted by Gasteiger charge is 2.61. The van der Waals surface area contributed by atoms with E-state index >= 15 is 0 Å². The highest BCUT2D eigenvalue weighted by molar-refractivity contribution is 6.31. The molecule has 6 atom stereocenters. The third-order valence-corrected chi connectivity index (χ3v) is 9.73. The molecule has 1 spiro atoms. The molecule has 0 radical (unpaired) electrons. The van der Waals surface area contributed by atoms with E-state index in [1.54, 1.807) is 18.2 Å². The number of rotatable bonds is 10. The van der Waals surface area contributed by atoms with E-state index in [0.717, 1.165) is 37.0 Å². The van der Waals surface area contributed by atoms with E-state index in [2.05, 4.69) is 24.3 Å². The molecule has 3 fully saturated rings. The van der Waals surface area contributed by atoms with E-state index in [4.69, 9.17) is 44.8 Å². The van der Waals surface area contributed by atoms with Crippen molar-refractivity contribution < 1.29 is 52.3 Å². The molecule has 1 aliphatic carbocycles. The fraction of sp³-hybridized carbons (Fsp3) is 0.556. The van der Waals surface area contributed by atoms with Crippen LogP contribution in [-0.4, -0.2) is 74.2 Å². The van der Waals surface area contributed by atoms with Crippen LogP contribution in [0.4, 0.5) is 0 Å². The van der Waals surface area contributed by atoms with Gasteiger partial charge in [-0.05, 0) is 54.5 Å². The smallest absolute Gasteiger partial charge is 0.303 e. The van der Waals surface area contributed by atoms with Gasteiger partial charge in [0.15, 0.2) is 12.2 Å². The summed E-state index contributed by atoms with van der Waals surface area (Å²) in [5, 5.41) is 0.479. The first kappa shape index (κ1) is 35.8. The molecule has 0 aromatic heterocycles. The van der Waals surface area contributed by atoms with Gasteiger partial charge in [0.1, 0.15) is 12.7 Å². The minimum atomic E-state index is -1.91. The number of halogens is 1. The second kappa shape index (κ2) is 14.9. The van der Waals surface area contributed by atoms with Crippen molar-refractivity contribution in [1.82, 2.24) is 0 Å². The van der Waals surface area contributed by atoms with E-state index in [-0.39, 0.29) is 12.2 Å². The SMILES string of the molecule is COC1(c2ccc(Cl)c(Cc3ccc(C4COC5(CCCC5)C4)cc3)c2)OC(COC(C)=O)C(OC(C)=O)C(OC(C)=O)C1OC(C)=O. The normalized spacial score (nSPS) is 27.8. The quantitative estimate of drug-likeness (QED) is 0.238. The Morgan fingerprint density at radius 2 is 1.50 bits per heavy atom. The zero-order chi connectivity index (χ0) is 34.6. The summed E-state index contributed by atoms with van der Waals surface area (Å²) < 4.78 is 40.9. The molecule has 11 nitrogen and oxygen atoms in total. The standard InChI is InChI=1S/C36H43ClO11/c1-21(38)43-20-31-32(45-22(2)39)33(46-23(3)40)34(47-24(4)41)36(42-5,48-31)29-12-13-30(37)27(17-29)16-25-8-10-26(11-9-25)28-18-35(44-19-28)14-6-7-15-35/h8-13,17,28,31-34H,6-7,14-16,18-20H2,1-5H3. The fourth-order valence-electron chi connectivity index (χ4n) is 7.26. The summed E-state index contributed by atoms with van der Waals surface area (Å²) in [4.78, 5) is 48.8. The highest BCUT2D eigenvalue weighted by Crippen LogP contribution is 2.47. The van der Waals surface area contributed by atoms with Gasteiger partial charge in [-0.1, -0.05) is 54.8 Å². The lowest BCUT2D eigenvalue weighted by Crippen LogP contribution is -2.67. The molecule has 2 aliphatic heterocycles. The van der Waals surface area contributed by atoms with Gasteiger partial charge in [0.05, 0.1) is 12.2 Å². The molecule has 2 heterocycles. The number of esters is 4. The van der Waals surface area contributed by atoms with Gasteiger partial charge >= 0.3 is 23.9 Å². The van der Waals surface area contributed by atoms with Crippen molar-refractivity contribution in [3.8, 4) is 0 Å². The summed E-state index contributed by atoms with van der Waals surface area (Å²) in [6.45, 7) is 5.07. The minimum Gasteiger partial charge on any atom is -0.463 e. The van der Waals surface area contributed by atoms with Crippen LogP contribution in [0.1, 0.15) is 88.0 Å². The van der Waals surface area contributed by atoms with Crippen molar-refractivity contribution in [2.24, 2.45) is 0 Å². The van der Waals surface area contributed by atoms with Gasteiger partial charge in [0, 0.05) is 51.3 Å². The second-order valence-corrected chi connectivity index (χ2v) is 13.2. The second-order valence-electron chi connectivity index (χ2n) is 12.8. The van der Waals surface area contributed by atoms with Crippen molar-refractivity contribution in [3.05, 3.63) is 69.7 Å². The lowest BCUT2D eigenvalue weighted by atomic mass is 9.86. The first-order chi connectivity index (χ1) is 22.8. The summed E-state index contributed by atoms with van der Waals surface area (Å²) in [5.74, 6) is -4.35. The Morgan fingerprint density at radius 1 is 0.854 bits per heavy atom. The van der Waals surface area contributed by atoms with Crippen LogP contribution in [0, 0.1) is 0 Å². The molecule has 2 aromatic rings. The Kier molecular flexibility index (Phi) is 11.1. The van der Waals surface area contributed by atoms with Gasteiger partial charge in [0.25, 0.3) is 0 Å². The molecule has 0 N–H and O–H groups in total. The summed E-state index contributed by atoms with van der Waals surface area (Å²) in [5.41, 5.74) is 3.41. The van der Waals surface area contributed by atoms with Crippen LogP contribution in [0.2, 0.25) is 5.02 Å². The lowest BCUT2D eigenvalue weighted by Gasteiger charge is -2.50. The number of methoxy groups -OCH3 is 1. The predicted molar refractivity (Wildman–Crippen MR) is 172 cm³/mol. The molecular weight excluding hydrogens is 644 g/mol. The maximum Gasteiger partial charge on any atom is 0.303 e. The molecular formula is C36H43ClO11. The predicted octanol–water partition coefficient (Wildman–Crippen LogP) is 5.30. The molecule has 0 amide bonds. The zero-order valence-corrected chi connectivity index (χ0v) is 28.7. The van der Waals surface area contributed by atoms with E-state index in [9.17, 15) is 19.2 Å². The van der Waals surface area contributed by atoms with Crippen LogP contribution in [0.15, 0.2) is 42.5 Å². The van der Waals surface area contributed by atoms with Crippen LogP contribution in [0.5, 0.6) is 0 Å². The van der Waals surface area contributed by atoms with E-state index < -0.39 is 54.1 Å². The molecule has 1 saturated carbocycles. The summed E-state index contributed by atoms with van der Waals surface area (Å²) in [7, 11) is 1.34. The van der Waals surface area contributed by atoms with Gasteiger partial charge < -0.3 is 33.2 Å². The molecule has 0 bridgehead atoms. The van der Waals surface area contributed by atoms with Gasteiger partial charge in [0.2, 0.25) is 11.9 Å². The molecule has 48 heavy (non-hydrogen) atoms. The van der Waals surface area contributed by atoms with Crippen LogP contribution in [-0.2, 0) is 64.5 Å². The summed E-state index contributed by atoms with van der Waals surface area (Å²) in [6, 6.07) is 13.5. The third kappa shape index (κ3) is 7.86. The number of carbonyl (C=O) groups excluding carboxylic acids is 4. The van der Waals surface area contributed by atoms with E-state index in [1.165, 1.54) is 53.2 Å². The fourth-order valence-corrected chi connectivity index (χ4v) is 7.45. The topological polar surface area (TPSA) is 133 Å². The maximum absolute atomic E-state index is 12.5. The molecule has 6 unspecified atom stereocenters. The zero-order valence-electron chi connectivity index (χ0n) is 28.0. The Balaban J connectivity index is 1.48. The average Bonchev–Trinajstić information content (AvgIpc) is 3.68. The number of ether oxygens (including phenoxy) is 7.